The van der Waals surface area contributed by atoms with Gasteiger partial charge in [0.05, 0.1) is 5.60 Å². The highest BCUT2D eigenvalue weighted by Crippen LogP contribution is 2.24. The summed E-state index contributed by atoms with van der Waals surface area (Å²) in [5, 5.41) is 21.5. The topological polar surface area (TPSA) is 99.2 Å². The van der Waals surface area contributed by atoms with Crippen LogP contribution in [0.15, 0.2) is 5.16 Å². The number of nitrogens with zero attached hydrogens (tertiary/aromatic N) is 2. The van der Waals surface area contributed by atoms with E-state index >= 15 is 0 Å². The van der Waals surface area contributed by atoms with Gasteiger partial charge in [0.1, 0.15) is 5.92 Å². The van der Waals surface area contributed by atoms with E-state index in [1.54, 1.807) is 11.8 Å². The maximum Gasteiger partial charge on any atom is 0.233 e. The van der Waals surface area contributed by atoms with Gasteiger partial charge in [-0.3, -0.25) is 4.79 Å². The number of hydrogen-bond acceptors (Lipinski definition) is 4. The molecule has 0 saturated carbocycles. The van der Waals surface area contributed by atoms with E-state index in [9.17, 15) is 9.90 Å². The Balaban J connectivity index is 2.74. The lowest BCUT2D eigenvalue weighted by Crippen LogP contribution is -2.50. The van der Waals surface area contributed by atoms with Crippen LogP contribution in [0.4, 0.5) is 0 Å². The summed E-state index contributed by atoms with van der Waals surface area (Å²) in [6, 6.07) is 0. The van der Waals surface area contributed by atoms with E-state index in [2.05, 4.69) is 5.16 Å². The van der Waals surface area contributed by atoms with E-state index in [1.165, 1.54) is 0 Å². The van der Waals surface area contributed by atoms with E-state index in [1.807, 2.05) is 13.8 Å². The van der Waals surface area contributed by atoms with Crippen LogP contribution < -0.4 is 5.73 Å². The molecule has 0 bridgehead atoms. The Bertz CT molecular complexity index is 329. The molecule has 1 heterocycles. The molecule has 0 aliphatic carbocycles. The fourth-order valence-corrected chi connectivity index (χ4v) is 2.22. The number of carbonyl (C=O) groups is 1. The highest BCUT2D eigenvalue weighted by atomic mass is 16.4. The molecule has 6 heteroatoms. The number of carbonyl (C=O) groups excluding carboxylic acids is 1. The molecule has 1 unspecified atom stereocenters. The van der Waals surface area contributed by atoms with E-state index in [4.69, 9.17) is 10.9 Å². The third-order valence-electron chi connectivity index (χ3n) is 3.52. The maximum absolute atomic E-state index is 12.3. The lowest BCUT2D eigenvalue weighted by Gasteiger charge is -2.37. The van der Waals surface area contributed by atoms with Crippen LogP contribution in [0, 0.1) is 11.8 Å². The van der Waals surface area contributed by atoms with Gasteiger partial charge in [-0.05, 0) is 25.7 Å². The van der Waals surface area contributed by atoms with Crippen LogP contribution in [-0.4, -0.2) is 45.6 Å². The minimum absolute atomic E-state index is 0.0316. The fraction of sp³-hybridized carbons (Fsp3) is 0.833. The maximum atomic E-state index is 12.3. The minimum atomic E-state index is -0.694. The summed E-state index contributed by atoms with van der Waals surface area (Å²) < 4.78 is 0. The molecule has 0 aromatic rings. The Hall–Kier alpha value is -1.30. The van der Waals surface area contributed by atoms with Gasteiger partial charge >= 0.3 is 0 Å². The first kappa shape index (κ1) is 14.8. The monoisotopic (exact) mass is 257 g/mol. The molecule has 1 atom stereocenters. The standard InChI is InChI=1S/C12H23N3O3/c1-8(2)9(10(13)14-18)11(16)15-6-4-12(3,17)5-7-15/h8-9,17-18H,4-7H2,1-3H3,(H2,13,14). The van der Waals surface area contributed by atoms with Crippen LogP contribution >= 0.6 is 0 Å². The van der Waals surface area contributed by atoms with Crippen molar-refractivity contribution in [3.8, 4) is 0 Å². The Morgan fingerprint density at radius 1 is 1.39 bits per heavy atom. The Kier molecular flexibility index (Phi) is 4.56. The number of hydrogen-bond donors (Lipinski definition) is 3. The quantitative estimate of drug-likeness (QED) is 0.294. The molecule has 18 heavy (non-hydrogen) atoms. The average molecular weight is 257 g/mol. The van der Waals surface area contributed by atoms with Gasteiger partial charge in [0.2, 0.25) is 5.91 Å². The van der Waals surface area contributed by atoms with Crippen LogP contribution in [0.3, 0.4) is 0 Å². The third-order valence-corrected chi connectivity index (χ3v) is 3.52. The fourth-order valence-electron chi connectivity index (χ4n) is 2.22. The summed E-state index contributed by atoms with van der Waals surface area (Å²) in [6.45, 7) is 6.52. The molecular formula is C12H23N3O3. The highest BCUT2D eigenvalue weighted by Gasteiger charge is 2.35. The van der Waals surface area contributed by atoms with Crippen molar-refractivity contribution in [1.82, 2.24) is 4.90 Å². The average Bonchev–Trinajstić information content (AvgIpc) is 2.28. The van der Waals surface area contributed by atoms with Crippen molar-refractivity contribution < 1.29 is 15.1 Å². The molecule has 1 fully saturated rings. The number of rotatable bonds is 3. The van der Waals surface area contributed by atoms with Crippen molar-refractivity contribution in [2.75, 3.05) is 13.1 Å². The Morgan fingerprint density at radius 3 is 2.28 bits per heavy atom. The minimum Gasteiger partial charge on any atom is -0.409 e. The van der Waals surface area contributed by atoms with E-state index in [-0.39, 0.29) is 17.7 Å². The van der Waals surface area contributed by atoms with Crippen LogP contribution in [0.5, 0.6) is 0 Å². The molecule has 6 nitrogen and oxygen atoms in total. The van der Waals surface area contributed by atoms with Crippen molar-refractivity contribution in [3.63, 3.8) is 0 Å². The SMILES string of the molecule is CC(C)C(C(=O)N1CCC(C)(O)CC1)C(N)=NO. The first-order chi connectivity index (χ1) is 8.28. The van der Waals surface area contributed by atoms with Gasteiger partial charge in [-0.2, -0.15) is 0 Å². The molecule has 1 amide bonds. The molecule has 0 radical (unpaired) electrons. The molecular weight excluding hydrogens is 234 g/mol. The van der Waals surface area contributed by atoms with Gasteiger partial charge < -0.3 is 20.9 Å². The van der Waals surface area contributed by atoms with Crippen LogP contribution in [-0.2, 0) is 4.79 Å². The normalized spacial score (nSPS) is 22.1. The number of amides is 1. The lowest BCUT2D eigenvalue weighted by molar-refractivity contribution is -0.138. The molecule has 1 saturated heterocycles. The molecule has 4 N–H and O–H groups in total. The number of piperidine rings is 1. The first-order valence-corrected chi connectivity index (χ1v) is 6.27. The van der Waals surface area contributed by atoms with Gasteiger partial charge in [-0.25, -0.2) is 0 Å². The second kappa shape index (κ2) is 5.56. The van der Waals surface area contributed by atoms with E-state index in [0.717, 1.165) is 0 Å². The van der Waals surface area contributed by atoms with Crippen molar-refractivity contribution in [2.24, 2.45) is 22.7 Å². The molecule has 0 aromatic heterocycles. The zero-order valence-corrected chi connectivity index (χ0v) is 11.3. The second-order valence-electron chi connectivity index (χ2n) is 5.57. The highest BCUT2D eigenvalue weighted by molar-refractivity contribution is 6.02. The summed E-state index contributed by atoms with van der Waals surface area (Å²) in [5.74, 6) is -0.808. The summed E-state index contributed by atoms with van der Waals surface area (Å²) in [6.07, 6.45) is 1.11. The predicted octanol–water partition coefficient (Wildman–Crippen LogP) is 0.378. The van der Waals surface area contributed by atoms with E-state index in [0.29, 0.717) is 25.9 Å². The van der Waals surface area contributed by atoms with Crippen LogP contribution in [0.1, 0.15) is 33.6 Å². The van der Waals surface area contributed by atoms with Gasteiger partial charge in [-0.1, -0.05) is 19.0 Å². The van der Waals surface area contributed by atoms with Gasteiger partial charge in [0, 0.05) is 13.1 Å². The van der Waals surface area contributed by atoms with Crippen molar-refractivity contribution >= 4 is 11.7 Å². The van der Waals surface area contributed by atoms with E-state index < -0.39 is 11.5 Å². The third kappa shape index (κ3) is 3.35. The number of likely N-dealkylation sites (tertiary alicyclic amines) is 1. The zero-order valence-electron chi connectivity index (χ0n) is 11.3. The zero-order chi connectivity index (χ0) is 13.9. The summed E-state index contributed by atoms with van der Waals surface area (Å²) >= 11 is 0. The molecule has 0 aromatic carbocycles. The second-order valence-corrected chi connectivity index (χ2v) is 5.57. The molecule has 1 aliphatic heterocycles. The van der Waals surface area contributed by atoms with Crippen molar-refractivity contribution in [2.45, 2.75) is 39.2 Å². The summed E-state index contributed by atoms with van der Waals surface area (Å²) in [5.41, 5.74) is 4.89. The Labute approximate surface area is 107 Å². The van der Waals surface area contributed by atoms with Gasteiger partial charge in [0.15, 0.2) is 5.84 Å². The largest absolute Gasteiger partial charge is 0.409 e. The van der Waals surface area contributed by atoms with Gasteiger partial charge in [-0.15, -0.1) is 0 Å². The number of nitrogens with two attached hydrogens (primary N) is 1. The molecule has 1 aliphatic rings. The number of oxime groups is 1. The predicted molar refractivity (Wildman–Crippen MR) is 68.2 cm³/mol. The number of amidine groups is 1. The Morgan fingerprint density at radius 2 is 1.89 bits per heavy atom. The van der Waals surface area contributed by atoms with Gasteiger partial charge in [0.25, 0.3) is 0 Å². The smallest absolute Gasteiger partial charge is 0.233 e. The summed E-state index contributed by atoms with van der Waals surface area (Å²) in [7, 11) is 0. The van der Waals surface area contributed by atoms with Crippen LogP contribution in [0.2, 0.25) is 0 Å². The van der Waals surface area contributed by atoms with Crippen molar-refractivity contribution in [1.29, 1.82) is 0 Å². The molecule has 0 spiro atoms. The summed E-state index contributed by atoms with van der Waals surface area (Å²) in [4.78, 5) is 14.0. The number of aliphatic hydroxyl groups is 1. The van der Waals surface area contributed by atoms with Crippen molar-refractivity contribution in [3.05, 3.63) is 0 Å². The first-order valence-electron chi connectivity index (χ1n) is 6.27. The van der Waals surface area contributed by atoms with Crippen LogP contribution in [0.25, 0.3) is 0 Å². The molecule has 104 valence electrons. The lowest BCUT2D eigenvalue weighted by atomic mass is 9.89. The molecule has 1 rings (SSSR count).